The molecule has 0 atom stereocenters. The molecule has 90 valence electrons. The normalized spacial score (nSPS) is 10.7. The Morgan fingerprint density at radius 3 is 2.76 bits per heavy atom. The van der Waals surface area contributed by atoms with Crippen molar-refractivity contribution in [2.24, 2.45) is 0 Å². The highest BCUT2D eigenvalue weighted by atomic mass is 19.1. The van der Waals surface area contributed by atoms with Crippen molar-refractivity contribution >= 4 is 0 Å². The minimum absolute atomic E-state index is 0.248. The molecule has 1 heterocycles. The van der Waals surface area contributed by atoms with Crippen LogP contribution in [0.3, 0.4) is 0 Å². The SMILES string of the molecule is CNCCc1nnc(Cc2ccccc2F)o1. The van der Waals surface area contributed by atoms with Crippen LogP contribution in [0.4, 0.5) is 4.39 Å². The second-order valence-electron chi connectivity index (χ2n) is 3.71. The first-order valence-electron chi connectivity index (χ1n) is 5.49. The minimum Gasteiger partial charge on any atom is -0.425 e. The second kappa shape index (κ2) is 5.54. The maximum absolute atomic E-state index is 13.4. The number of nitrogens with one attached hydrogen (secondary N) is 1. The molecule has 0 unspecified atom stereocenters. The van der Waals surface area contributed by atoms with Crippen LogP contribution in [0.15, 0.2) is 28.7 Å². The molecule has 4 nitrogen and oxygen atoms in total. The van der Waals surface area contributed by atoms with Crippen LogP contribution in [0.1, 0.15) is 17.3 Å². The first-order valence-corrected chi connectivity index (χ1v) is 5.49. The van der Waals surface area contributed by atoms with Crippen molar-refractivity contribution in [3.8, 4) is 0 Å². The Kier molecular flexibility index (Phi) is 3.82. The van der Waals surface area contributed by atoms with Crippen molar-refractivity contribution in [3.63, 3.8) is 0 Å². The van der Waals surface area contributed by atoms with Gasteiger partial charge in [-0.15, -0.1) is 10.2 Å². The third-order valence-corrected chi connectivity index (χ3v) is 2.40. The molecule has 1 N–H and O–H groups in total. The van der Waals surface area contributed by atoms with Crippen LogP contribution in [0.5, 0.6) is 0 Å². The first-order chi connectivity index (χ1) is 8.29. The average molecular weight is 235 g/mol. The summed E-state index contributed by atoms with van der Waals surface area (Å²) >= 11 is 0. The summed E-state index contributed by atoms with van der Waals surface area (Å²) in [6.07, 6.45) is 1.01. The van der Waals surface area contributed by atoms with E-state index in [1.54, 1.807) is 18.2 Å². The van der Waals surface area contributed by atoms with Crippen molar-refractivity contribution in [2.45, 2.75) is 12.8 Å². The molecule has 0 radical (unpaired) electrons. The lowest BCUT2D eigenvalue weighted by molar-refractivity contribution is 0.451. The maximum atomic E-state index is 13.4. The predicted octanol–water partition coefficient (Wildman–Crippen LogP) is 1.56. The fraction of sp³-hybridized carbons (Fsp3) is 0.333. The lowest BCUT2D eigenvalue weighted by Crippen LogP contribution is -2.10. The van der Waals surface area contributed by atoms with E-state index in [1.165, 1.54) is 6.07 Å². The summed E-state index contributed by atoms with van der Waals surface area (Å²) in [5, 5.41) is 10.8. The molecule has 0 bridgehead atoms. The van der Waals surface area contributed by atoms with Gasteiger partial charge in [0.25, 0.3) is 0 Å². The highest BCUT2D eigenvalue weighted by molar-refractivity contribution is 5.20. The monoisotopic (exact) mass is 235 g/mol. The van der Waals surface area contributed by atoms with Gasteiger partial charge in [-0.3, -0.25) is 0 Å². The molecule has 17 heavy (non-hydrogen) atoms. The van der Waals surface area contributed by atoms with E-state index >= 15 is 0 Å². The minimum atomic E-state index is -0.248. The topological polar surface area (TPSA) is 51.0 Å². The zero-order valence-electron chi connectivity index (χ0n) is 9.61. The van der Waals surface area contributed by atoms with Crippen molar-refractivity contribution in [1.82, 2.24) is 15.5 Å². The molecule has 2 aromatic rings. The molecular weight excluding hydrogens is 221 g/mol. The number of benzene rings is 1. The Labute approximate surface area is 98.9 Å². The zero-order chi connectivity index (χ0) is 12.1. The van der Waals surface area contributed by atoms with Gasteiger partial charge in [-0.25, -0.2) is 4.39 Å². The number of hydrogen-bond acceptors (Lipinski definition) is 4. The quantitative estimate of drug-likeness (QED) is 0.854. The van der Waals surface area contributed by atoms with Crippen LogP contribution < -0.4 is 5.32 Å². The predicted molar refractivity (Wildman–Crippen MR) is 61.1 cm³/mol. The lowest BCUT2D eigenvalue weighted by atomic mass is 10.1. The lowest BCUT2D eigenvalue weighted by Gasteiger charge is -1.98. The Bertz CT molecular complexity index is 484. The van der Waals surface area contributed by atoms with Crippen LogP contribution in [-0.2, 0) is 12.8 Å². The molecule has 0 amide bonds. The van der Waals surface area contributed by atoms with Crippen molar-refractivity contribution < 1.29 is 8.81 Å². The number of halogens is 1. The van der Waals surface area contributed by atoms with E-state index in [-0.39, 0.29) is 5.82 Å². The maximum Gasteiger partial charge on any atom is 0.221 e. The third kappa shape index (κ3) is 3.10. The third-order valence-electron chi connectivity index (χ3n) is 2.40. The van der Waals surface area contributed by atoms with Gasteiger partial charge in [-0.1, -0.05) is 18.2 Å². The fourth-order valence-electron chi connectivity index (χ4n) is 1.50. The summed E-state index contributed by atoms with van der Waals surface area (Å²) in [7, 11) is 1.86. The van der Waals surface area contributed by atoms with Gasteiger partial charge in [0, 0.05) is 13.0 Å². The molecule has 0 saturated heterocycles. The molecule has 1 aromatic carbocycles. The molecule has 0 fully saturated rings. The summed E-state index contributed by atoms with van der Waals surface area (Å²) < 4.78 is 18.8. The molecule has 0 aliphatic carbocycles. The number of hydrogen-bond donors (Lipinski definition) is 1. The van der Waals surface area contributed by atoms with E-state index in [4.69, 9.17) is 4.42 Å². The number of likely N-dealkylation sites (N-methyl/N-ethyl adjacent to an activating group) is 1. The fourth-order valence-corrected chi connectivity index (χ4v) is 1.50. The molecule has 0 aliphatic heterocycles. The molecule has 0 saturated carbocycles. The molecule has 5 heteroatoms. The number of rotatable bonds is 5. The van der Waals surface area contributed by atoms with Crippen LogP contribution in [-0.4, -0.2) is 23.8 Å². The van der Waals surface area contributed by atoms with Gasteiger partial charge in [0.1, 0.15) is 5.82 Å². The van der Waals surface area contributed by atoms with Gasteiger partial charge in [0.15, 0.2) is 0 Å². The zero-order valence-corrected chi connectivity index (χ0v) is 9.61. The Morgan fingerprint density at radius 2 is 2.00 bits per heavy atom. The summed E-state index contributed by atoms with van der Waals surface area (Å²) in [5.41, 5.74) is 0.566. The van der Waals surface area contributed by atoms with Crippen molar-refractivity contribution in [3.05, 3.63) is 47.4 Å². The van der Waals surface area contributed by atoms with Gasteiger partial charge in [-0.05, 0) is 18.7 Å². The summed E-state index contributed by atoms with van der Waals surface area (Å²) in [6, 6.07) is 6.59. The van der Waals surface area contributed by atoms with E-state index in [0.717, 1.165) is 6.54 Å². The van der Waals surface area contributed by atoms with E-state index in [9.17, 15) is 4.39 Å². The van der Waals surface area contributed by atoms with Crippen molar-refractivity contribution in [2.75, 3.05) is 13.6 Å². The summed E-state index contributed by atoms with van der Waals surface area (Å²) in [4.78, 5) is 0. The highest BCUT2D eigenvalue weighted by Gasteiger charge is 2.09. The largest absolute Gasteiger partial charge is 0.425 e. The summed E-state index contributed by atoms with van der Waals surface area (Å²) in [6.45, 7) is 0.779. The Morgan fingerprint density at radius 1 is 1.24 bits per heavy atom. The highest BCUT2D eigenvalue weighted by Crippen LogP contribution is 2.12. The Balaban J connectivity index is 2.04. The standard InChI is InChI=1S/C12H14FN3O/c1-14-7-6-11-15-16-12(17-11)8-9-4-2-3-5-10(9)13/h2-5,14H,6-8H2,1H3. The van der Waals surface area contributed by atoms with Gasteiger partial charge in [0.05, 0.1) is 6.42 Å². The van der Waals surface area contributed by atoms with Crippen LogP contribution in [0.2, 0.25) is 0 Å². The van der Waals surface area contributed by atoms with Gasteiger partial charge >= 0.3 is 0 Å². The molecule has 1 aromatic heterocycles. The van der Waals surface area contributed by atoms with Gasteiger partial charge in [-0.2, -0.15) is 0 Å². The van der Waals surface area contributed by atoms with Crippen LogP contribution in [0, 0.1) is 5.82 Å². The second-order valence-corrected chi connectivity index (χ2v) is 3.71. The molecule has 2 rings (SSSR count). The number of nitrogens with zero attached hydrogens (tertiary/aromatic N) is 2. The average Bonchev–Trinajstić information content (AvgIpc) is 2.77. The van der Waals surface area contributed by atoms with Crippen molar-refractivity contribution in [1.29, 1.82) is 0 Å². The van der Waals surface area contributed by atoms with E-state index in [0.29, 0.717) is 30.2 Å². The number of aromatic nitrogens is 2. The summed E-state index contributed by atoms with van der Waals surface area (Å²) in [5.74, 6) is 0.773. The molecule has 0 spiro atoms. The van der Waals surface area contributed by atoms with E-state index in [1.807, 2.05) is 7.05 Å². The van der Waals surface area contributed by atoms with E-state index in [2.05, 4.69) is 15.5 Å². The smallest absolute Gasteiger partial charge is 0.221 e. The molecular formula is C12H14FN3O. The van der Waals surface area contributed by atoms with Gasteiger partial charge in [0.2, 0.25) is 11.8 Å². The van der Waals surface area contributed by atoms with Crippen LogP contribution in [0.25, 0.3) is 0 Å². The van der Waals surface area contributed by atoms with E-state index < -0.39 is 0 Å². The molecule has 0 aliphatic rings. The van der Waals surface area contributed by atoms with Gasteiger partial charge < -0.3 is 9.73 Å². The van der Waals surface area contributed by atoms with Crippen LogP contribution >= 0.6 is 0 Å². The first kappa shape index (κ1) is 11.7. The Hall–Kier alpha value is -1.75.